The fourth-order valence-corrected chi connectivity index (χ4v) is 2.66. The fraction of sp³-hybridized carbons (Fsp3) is 0.750. The number of unbranched alkanes of at least 4 members (excludes halogenated alkanes) is 1. The molecule has 0 aliphatic rings. The average Bonchev–Trinajstić information content (AvgIpc) is 2.65. The zero-order valence-electron chi connectivity index (χ0n) is 20.0. The predicted octanol–water partition coefficient (Wildman–Crippen LogP) is 3.28. The lowest BCUT2D eigenvalue weighted by atomic mass is 10.1. The van der Waals surface area contributed by atoms with Gasteiger partial charge in [0.15, 0.2) is 11.5 Å². The van der Waals surface area contributed by atoms with Gasteiger partial charge in [0.25, 0.3) is 0 Å². The summed E-state index contributed by atoms with van der Waals surface area (Å²) < 4.78 is 11.8. The van der Waals surface area contributed by atoms with Crippen molar-refractivity contribution in [1.82, 2.24) is 10.6 Å². The molecule has 0 heterocycles. The number of ether oxygens (including phenoxy) is 2. The molecular formula is C24H44N2O4. The number of hydrogen-bond donors (Lipinski definition) is 4. The Kier molecular flexibility index (Phi) is 11.1. The molecule has 4 N–H and O–H groups in total. The fourth-order valence-electron chi connectivity index (χ4n) is 2.66. The van der Waals surface area contributed by atoms with Crippen LogP contribution in [0.4, 0.5) is 0 Å². The molecule has 0 radical (unpaired) electrons. The van der Waals surface area contributed by atoms with Gasteiger partial charge in [0, 0.05) is 24.2 Å². The molecule has 0 fully saturated rings. The summed E-state index contributed by atoms with van der Waals surface area (Å²) >= 11 is 0. The number of aliphatic hydroxyl groups is 2. The van der Waals surface area contributed by atoms with Crippen LogP contribution >= 0.6 is 0 Å². The van der Waals surface area contributed by atoms with Crippen LogP contribution in [0.2, 0.25) is 0 Å². The number of nitrogens with one attached hydrogen (secondary N) is 2. The lowest BCUT2D eigenvalue weighted by Crippen LogP contribution is -2.42. The largest absolute Gasteiger partial charge is 0.487 e. The summed E-state index contributed by atoms with van der Waals surface area (Å²) in [6.07, 6.45) is 1.95. The van der Waals surface area contributed by atoms with Crippen LogP contribution in [0.5, 0.6) is 11.5 Å². The van der Waals surface area contributed by atoms with Gasteiger partial charge < -0.3 is 30.3 Å². The second kappa shape index (κ2) is 12.5. The Morgan fingerprint density at radius 2 is 1.33 bits per heavy atom. The smallest absolute Gasteiger partial charge is 0.161 e. The van der Waals surface area contributed by atoms with Crippen LogP contribution in [-0.4, -0.2) is 59.8 Å². The molecule has 1 aromatic carbocycles. The van der Waals surface area contributed by atoms with E-state index in [0.29, 0.717) is 24.6 Å². The molecule has 174 valence electrons. The maximum Gasteiger partial charge on any atom is 0.161 e. The minimum atomic E-state index is -0.627. The summed E-state index contributed by atoms with van der Waals surface area (Å²) in [6, 6.07) is 5.91. The normalized spacial score (nSPS) is 14.4. The molecule has 6 heteroatoms. The first kappa shape index (κ1) is 26.7. The van der Waals surface area contributed by atoms with Crippen LogP contribution in [0.15, 0.2) is 18.2 Å². The van der Waals surface area contributed by atoms with Crippen LogP contribution in [0, 0.1) is 0 Å². The summed E-state index contributed by atoms with van der Waals surface area (Å²) in [5.41, 5.74) is 1.05. The molecule has 0 aliphatic carbocycles. The molecule has 1 rings (SSSR count). The predicted molar refractivity (Wildman–Crippen MR) is 124 cm³/mol. The van der Waals surface area contributed by atoms with E-state index in [1.165, 1.54) is 5.56 Å². The second-order valence-electron chi connectivity index (χ2n) is 10.1. The molecule has 0 spiro atoms. The molecule has 0 bridgehead atoms. The Morgan fingerprint density at radius 3 is 1.80 bits per heavy atom. The maximum absolute atomic E-state index is 10.3. The van der Waals surface area contributed by atoms with Crippen molar-refractivity contribution in [2.24, 2.45) is 0 Å². The monoisotopic (exact) mass is 424 g/mol. The lowest BCUT2D eigenvalue weighted by molar-refractivity contribution is 0.0871. The van der Waals surface area contributed by atoms with E-state index in [-0.39, 0.29) is 24.3 Å². The minimum Gasteiger partial charge on any atom is -0.487 e. The standard InChI is InChI=1S/C24H44N2O4/c1-8-9-10-18-11-12-21(29-16-19(27)14-25-23(2,3)4)22(13-18)30-17-20(28)15-26-24(5,6)7/h11-13,19-20,25-28H,8-10,14-17H2,1-7H3. The Balaban J connectivity index is 2.72. The van der Waals surface area contributed by atoms with Gasteiger partial charge in [-0.3, -0.25) is 0 Å². The van der Waals surface area contributed by atoms with Crippen molar-refractivity contribution in [1.29, 1.82) is 0 Å². The van der Waals surface area contributed by atoms with Crippen LogP contribution in [0.1, 0.15) is 66.9 Å². The van der Waals surface area contributed by atoms with Gasteiger partial charge in [-0.05, 0) is 72.1 Å². The first-order valence-corrected chi connectivity index (χ1v) is 11.1. The van der Waals surface area contributed by atoms with Gasteiger partial charge >= 0.3 is 0 Å². The third-order valence-corrected chi connectivity index (χ3v) is 4.43. The third-order valence-electron chi connectivity index (χ3n) is 4.43. The highest BCUT2D eigenvalue weighted by molar-refractivity contribution is 5.43. The van der Waals surface area contributed by atoms with Crippen molar-refractivity contribution in [3.63, 3.8) is 0 Å². The SMILES string of the molecule is CCCCc1ccc(OCC(O)CNC(C)(C)C)c(OCC(O)CNC(C)(C)C)c1. The summed E-state index contributed by atoms with van der Waals surface area (Å²) in [5, 5.41) is 27.0. The van der Waals surface area contributed by atoms with Crippen LogP contribution in [0.25, 0.3) is 0 Å². The number of β-amino-alcohol motifs (C(OH)–C–C–N with tert-alkyl or cyclic N) is 2. The highest BCUT2D eigenvalue weighted by atomic mass is 16.5. The van der Waals surface area contributed by atoms with E-state index in [2.05, 4.69) is 59.1 Å². The number of rotatable bonds is 13. The first-order chi connectivity index (χ1) is 13.9. The highest BCUT2D eigenvalue weighted by Gasteiger charge is 2.16. The third kappa shape index (κ3) is 12.4. The van der Waals surface area contributed by atoms with Crippen molar-refractivity contribution in [2.45, 2.75) is 91.0 Å². The molecule has 0 amide bonds. The van der Waals surface area contributed by atoms with E-state index >= 15 is 0 Å². The number of benzene rings is 1. The zero-order chi connectivity index (χ0) is 22.8. The van der Waals surface area contributed by atoms with Gasteiger partial charge in [0.1, 0.15) is 25.4 Å². The molecule has 30 heavy (non-hydrogen) atoms. The van der Waals surface area contributed by atoms with Gasteiger partial charge in [-0.2, -0.15) is 0 Å². The maximum atomic E-state index is 10.3. The van der Waals surface area contributed by atoms with Gasteiger partial charge in [-0.15, -0.1) is 0 Å². The Morgan fingerprint density at radius 1 is 0.833 bits per heavy atom. The average molecular weight is 425 g/mol. The van der Waals surface area contributed by atoms with Crippen LogP contribution in [-0.2, 0) is 6.42 Å². The molecule has 2 unspecified atom stereocenters. The van der Waals surface area contributed by atoms with E-state index in [1.807, 2.05) is 18.2 Å². The highest BCUT2D eigenvalue weighted by Crippen LogP contribution is 2.29. The van der Waals surface area contributed by atoms with Gasteiger partial charge in [0.05, 0.1) is 0 Å². The quantitative estimate of drug-likeness (QED) is 0.389. The first-order valence-electron chi connectivity index (χ1n) is 11.1. The molecule has 0 aliphatic heterocycles. The molecule has 0 saturated carbocycles. The number of hydrogen-bond acceptors (Lipinski definition) is 6. The summed E-state index contributed by atoms with van der Waals surface area (Å²) in [4.78, 5) is 0. The zero-order valence-corrected chi connectivity index (χ0v) is 20.0. The Bertz CT molecular complexity index is 608. The second-order valence-corrected chi connectivity index (χ2v) is 10.1. The number of aryl methyl sites for hydroxylation is 1. The lowest BCUT2D eigenvalue weighted by Gasteiger charge is -2.24. The Labute approximate surface area is 183 Å². The molecule has 0 aromatic heterocycles. The minimum absolute atomic E-state index is 0.0621. The molecular weight excluding hydrogens is 380 g/mol. The van der Waals surface area contributed by atoms with Gasteiger partial charge in [0.2, 0.25) is 0 Å². The van der Waals surface area contributed by atoms with E-state index < -0.39 is 12.2 Å². The summed E-state index contributed by atoms with van der Waals surface area (Å²) in [6.45, 7) is 15.8. The number of aliphatic hydroxyl groups excluding tert-OH is 2. The topological polar surface area (TPSA) is 83.0 Å². The van der Waals surface area contributed by atoms with Crippen LogP contribution < -0.4 is 20.1 Å². The van der Waals surface area contributed by atoms with Crippen molar-refractivity contribution >= 4 is 0 Å². The summed E-state index contributed by atoms with van der Waals surface area (Å²) in [5.74, 6) is 1.19. The molecule has 1 aromatic rings. The molecule has 6 nitrogen and oxygen atoms in total. The van der Waals surface area contributed by atoms with E-state index in [9.17, 15) is 10.2 Å². The van der Waals surface area contributed by atoms with E-state index in [0.717, 1.165) is 19.3 Å². The van der Waals surface area contributed by atoms with Crippen molar-refractivity contribution in [3.8, 4) is 11.5 Å². The van der Waals surface area contributed by atoms with Crippen molar-refractivity contribution < 1.29 is 19.7 Å². The van der Waals surface area contributed by atoms with E-state index in [1.54, 1.807) is 0 Å². The Hall–Kier alpha value is -1.34. The molecule has 2 atom stereocenters. The van der Waals surface area contributed by atoms with E-state index in [4.69, 9.17) is 9.47 Å². The van der Waals surface area contributed by atoms with Crippen molar-refractivity contribution in [2.75, 3.05) is 26.3 Å². The van der Waals surface area contributed by atoms with Gasteiger partial charge in [-0.25, -0.2) is 0 Å². The van der Waals surface area contributed by atoms with Crippen molar-refractivity contribution in [3.05, 3.63) is 23.8 Å². The molecule has 0 saturated heterocycles. The van der Waals surface area contributed by atoms with Crippen LogP contribution in [0.3, 0.4) is 0 Å². The summed E-state index contributed by atoms with van der Waals surface area (Å²) in [7, 11) is 0. The van der Waals surface area contributed by atoms with Gasteiger partial charge in [-0.1, -0.05) is 19.4 Å².